The normalized spacial score (nSPS) is 10.3. The summed E-state index contributed by atoms with van der Waals surface area (Å²) in [6.07, 6.45) is 3.36. The molecule has 7 nitrogen and oxygen atoms in total. The lowest BCUT2D eigenvalue weighted by molar-refractivity contribution is 0.0527. The van der Waals surface area contributed by atoms with Crippen LogP contribution in [0, 0.1) is 0 Å². The zero-order valence-electron chi connectivity index (χ0n) is 16.1. The number of carbonyl (C=O) groups is 2. The standard InChI is InChI=1S/C20H26N4O3/c1-4-11-24(12-5-2)18-13-17(21-14-22-18)19(25)23-16-10-8-7-9-15(16)20(26)27-6-3/h7-10,13-14H,4-6,11-12H2,1-3H3,(H,23,25). The summed E-state index contributed by atoms with van der Waals surface area (Å²) in [4.78, 5) is 35.2. The van der Waals surface area contributed by atoms with Crippen molar-refractivity contribution in [1.29, 1.82) is 0 Å². The second-order valence-corrected chi connectivity index (χ2v) is 5.97. The third kappa shape index (κ3) is 5.51. The number of para-hydroxylation sites is 1. The Balaban J connectivity index is 2.22. The largest absolute Gasteiger partial charge is 0.462 e. The van der Waals surface area contributed by atoms with Gasteiger partial charge in [-0.25, -0.2) is 14.8 Å². The van der Waals surface area contributed by atoms with Crippen LogP contribution in [-0.2, 0) is 4.74 Å². The zero-order valence-corrected chi connectivity index (χ0v) is 16.1. The maximum Gasteiger partial charge on any atom is 0.340 e. The molecular formula is C20H26N4O3. The molecular weight excluding hydrogens is 344 g/mol. The number of nitrogens with one attached hydrogen (secondary N) is 1. The molecule has 0 bridgehead atoms. The molecule has 1 N–H and O–H groups in total. The number of esters is 1. The molecule has 1 amide bonds. The molecule has 144 valence electrons. The van der Waals surface area contributed by atoms with Gasteiger partial charge in [0.05, 0.1) is 17.9 Å². The van der Waals surface area contributed by atoms with Gasteiger partial charge >= 0.3 is 5.97 Å². The van der Waals surface area contributed by atoms with E-state index in [-0.39, 0.29) is 12.3 Å². The van der Waals surface area contributed by atoms with Crippen LogP contribution in [0.15, 0.2) is 36.7 Å². The summed E-state index contributed by atoms with van der Waals surface area (Å²) in [5, 5.41) is 2.75. The third-order valence-corrected chi connectivity index (χ3v) is 3.87. The number of ether oxygens (including phenoxy) is 1. The van der Waals surface area contributed by atoms with Crippen molar-refractivity contribution < 1.29 is 14.3 Å². The monoisotopic (exact) mass is 370 g/mol. The van der Waals surface area contributed by atoms with E-state index >= 15 is 0 Å². The summed E-state index contributed by atoms with van der Waals surface area (Å²) >= 11 is 0. The summed E-state index contributed by atoms with van der Waals surface area (Å²) in [6.45, 7) is 7.92. The number of aromatic nitrogens is 2. The first-order chi connectivity index (χ1) is 13.1. The van der Waals surface area contributed by atoms with E-state index in [1.165, 1.54) is 6.33 Å². The number of amides is 1. The molecule has 1 heterocycles. The highest BCUT2D eigenvalue weighted by Gasteiger charge is 2.17. The van der Waals surface area contributed by atoms with Gasteiger partial charge in [-0.05, 0) is 31.9 Å². The van der Waals surface area contributed by atoms with Crippen molar-refractivity contribution in [3.63, 3.8) is 0 Å². The summed E-state index contributed by atoms with van der Waals surface area (Å²) < 4.78 is 5.04. The number of hydrogen-bond acceptors (Lipinski definition) is 6. The molecule has 0 spiro atoms. The van der Waals surface area contributed by atoms with E-state index < -0.39 is 11.9 Å². The first kappa shape index (κ1) is 20.4. The minimum atomic E-state index is -0.478. The lowest BCUT2D eigenvalue weighted by Gasteiger charge is -2.22. The third-order valence-electron chi connectivity index (χ3n) is 3.87. The van der Waals surface area contributed by atoms with Gasteiger partial charge in [0, 0.05) is 19.2 Å². The smallest absolute Gasteiger partial charge is 0.340 e. The SMILES string of the molecule is CCCN(CCC)c1cc(C(=O)Nc2ccccc2C(=O)OCC)ncn1. The van der Waals surface area contributed by atoms with Crippen molar-refractivity contribution in [1.82, 2.24) is 9.97 Å². The van der Waals surface area contributed by atoms with Gasteiger partial charge in [0.2, 0.25) is 0 Å². The molecule has 0 aliphatic rings. The lowest BCUT2D eigenvalue weighted by atomic mass is 10.1. The predicted octanol–water partition coefficient (Wildman–Crippen LogP) is 3.53. The van der Waals surface area contributed by atoms with E-state index in [4.69, 9.17) is 4.74 Å². The minimum Gasteiger partial charge on any atom is -0.462 e. The fourth-order valence-electron chi connectivity index (χ4n) is 2.69. The van der Waals surface area contributed by atoms with Crippen LogP contribution in [0.25, 0.3) is 0 Å². The quantitative estimate of drug-likeness (QED) is 0.680. The molecule has 0 unspecified atom stereocenters. The molecule has 0 aliphatic carbocycles. The van der Waals surface area contributed by atoms with Crippen LogP contribution >= 0.6 is 0 Å². The van der Waals surface area contributed by atoms with Crippen LogP contribution in [0.5, 0.6) is 0 Å². The van der Waals surface area contributed by atoms with Crippen LogP contribution in [0.2, 0.25) is 0 Å². The number of rotatable bonds is 9. The highest BCUT2D eigenvalue weighted by molar-refractivity contribution is 6.07. The maximum atomic E-state index is 12.7. The van der Waals surface area contributed by atoms with Gasteiger partial charge in [-0.1, -0.05) is 26.0 Å². The molecule has 0 aliphatic heterocycles. The number of hydrogen-bond donors (Lipinski definition) is 1. The van der Waals surface area contributed by atoms with Crippen LogP contribution in [0.1, 0.15) is 54.5 Å². The Bertz CT molecular complexity index is 773. The fourth-order valence-corrected chi connectivity index (χ4v) is 2.69. The lowest BCUT2D eigenvalue weighted by Crippen LogP contribution is -2.26. The molecule has 0 saturated heterocycles. The molecule has 1 aromatic carbocycles. The van der Waals surface area contributed by atoms with Crippen LogP contribution in [0.4, 0.5) is 11.5 Å². The van der Waals surface area contributed by atoms with Crippen LogP contribution in [0.3, 0.4) is 0 Å². The molecule has 27 heavy (non-hydrogen) atoms. The summed E-state index contributed by atoms with van der Waals surface area (Å²) in [5.41, 5.74) is 0.941. The van der Waals surface area contributed by atoms with Gasteiger partial charge in [-0.15, -0.1) is 0 Å². The van der Waals surface area contributed by atoms with Crippen molar-refractivity contribution in [2.75, 3.05) is 29.9 Å². The number of benzene rings is 1. The van der Waals surface area contributed by atoms with Crippen molar-refractivity contribution >= 4 is 23.4 Å². The van der Waals surface area contributed by atoms with E-state index in [0.29, 0.717) is 11.3 Å². The van der Waals surface area contributed by atoms with Gasteiger partial charge in [0.15, 0.2) is 0 Å². The first-order valence-electron chi connectivity index (χ1n) is 9.25. The topological polar surface area (TPSA) is 84.4 Å². The molecule has 0 radical (unpaired) electrons. The van der Waals surface area contributed by atoms with E-state index in [2.05, 4.69) is 34.0 Å². The van der Waals surface area contributed by atoms with Gasteiger partial charge in [-0.3, -0.25) is 4.79 Å². The number of nitrogens with zero attached hydrogens (tertiary/aromatic N) is 3. The van der Waals surface area contributed by atoms with Gasteiger partial charge in [0.25, 0.3) is 5.91 Å². The van der Waals surface area contributed by atoms with E-state index in [1.54, 1.807) is 37.3 Å². The van der Waals surface area contributed by atoms with Crippen LogP contribution in [-0.4, -0.2) is 41.5 Å². The Morgan fingerprint density at radius 3 is 2.44 bits per heavy atom. The Morgan fingerprint density at radius 2 is 1.78 bits per heavy atom. The molecule has 0 saturated carbocycles. The Kier molecular flexibility index (Phi) is 7.73. The van der Waals surface area contributed by atoms with Gasteiger partial charge in [-0.2, -0.15) is 0 Å². The fraction of sp³-hybridized carbons (Fsp3) is 0.400. The first-order valence-corrected chi connectivity index (χ1v) is 9.25. The average molecular weight is 370 g/mol. The number of anilines is 2. The van der Waals surface area contributed by atoms with E-state index in [1.807, 2.05) is 0 Å². The van der Waals surface area contributed by atoms with E-state index in [0.717, 1.165) is 31.7 Å². The number of carbonyl (C=O) groups excluding carboxylic acids is 2. The predicted molar refractivity (Wildman–Crippen MR) is 105 cm³/mol. The van der Waals surface area contributed by atoms with Crippen molar-refractivity contribution in [2.45, 2.75) is 33.6 Å². The minimum absolute atomic E-state index is 0.246. The molecule has 1 aromatic heterocycles. The van der Waals surface area contributed by atoms with Crippen molar-refractivity contribution in [2.24, 2.45) is 0 Å². The molecule has 0 fully saturated rings. The summed E-state index contributed by atoms with van der Waals surface area (Å²) in [7, 11) is 0. The Morgan fingerprint density at radius 1 is 1.07 bits per heavy atom. The molecule has 2 aromatic rings. The highest BCUT2D eigenvalue weighted by Crippen LogP contribution is 2.18. The summed E-state index contributed by atoms with van der Waals surface area (Å²) in [6, 6.07) is 8.41. The molecule has 2 rings (SSSR count). The highest BCUT2D eigenvalue weighted by atomic mass is 16.5. The van der Waals surface area contributed by atoms with Crippen molar-refractivity contribution in [3.8, 4) is 0 Å². The van der Waals surface area contributed by atoms with Gasteiger partial charge < -0.3 is 15.0 Å². The Hall–Kier alpha value is -2.96. The van der Waals surface area contributed by atoms with Gasteiger partial charge in [0.1, 0.15) is 17.8 Å². The summed E-state index contributed by atoms with van der Waals surface area (Å²) in [5.74, 6) is -0.158. The second-order valence-electron chi connectivity index (χ2n) is 5.97. The van der Waals surface area contributed by atoms with E-state index in [9.17, 15) is 9.59 Å². The molecule has 0 atom stereocenters. The second kappa shape index (κ2) is 10.3. The molecule has 7 heteroatoms. The van der Waals surface area contributed by atoms with Crippen LogP contribution < -0.4 is 10.2 Å². The zero-order chi connectivity index (χ0) is 19.6. The Labute approximate surface area is 159 Å². The average Bonchev–Trinajstić information content (AvgIpc) is 2.68. The maximum absolute atomic E-state index is 12.7. The van der Waals surface area contributed by atoms with Crippen molar-refractivity contribution in [3.05, 3.63) is 47.9 Å².